The van der Waals surface area contributed by atoms with Crippen molar-refractivity contribution in [3.8, 4) is 5.75 Å². The fourth-order valence-corrected chi connectivity index (χ4v) is 3.72. The first-order valence-corrected chi connectivity index (χ1v) is 9.85. The highest BCUT2D eigenvalue weighted by Crippen LogP contribution is 2.35. The Morgan fingerprint density at radius 2 is 1.74 bits per heavy atom. The predicted molar refractivity (Wildman–Crippen MR) is 94.0 cm³/mol. The molecule has 9 heteroatoms. The average Bonchev–Trinajstić information content (AvgIpc) is 2.61. The van der Waals surface area contributed by atoms with Crippen LogP contribution in [0, 0.1) is 6.92 Å². The number of rotatable bonds is 3. The van der Waals surface area contributed by atoms with Gasteiger partial charge in [0.05, 0.1) is 0 Å². The van der Waals surface area contributed by atoms with E-state index in [2.05, 4.69) is 4.18 Å². The molecule has 2 aromatic carbocycles. The fraction of sp³-hybridized carbons (Fsp3) is 0.389. The monoisotopic (exact) mass is 401 g/mol. The van der Waals surface area contributed by atoms with Crippen LogP contribution in [-0.2, 0) is 10.1 Å². The van der Waals surface area contributed by atoms with Crippen molar-refractivity contribution >= 4 is 26.8 Å². The van der Waals surface area contributed by atoms with Crippen molar-refractivity contribution in [1.29, 1.82) is 0 Å². The summed E-state index contributed by atoms with van der Waals surface area (Å²) in [6, 6.07) is 7.14. The molecule has 27 heavy (non-hydrogen) atoms. The molecule has 1 heterocycles. The summed E-state index contributed by atoms with van der Waals surface area (Å²) in [4.78, 5) is 14.6. The smallest absolute Gasteiger partial charge is 0.375 e. The Kier molecular flexibility index (Phi) is 5.07. The van der Waals surface area contributed by atoms with Crippen LogP contribution in [0.1, 0.15) is 35.2 Å². The second-order valence-corrected chi connectivity index (χ2v) is 7.98. The number of carbonyl (C=O) groups excluding carboxylic acids is 1. The maximum absolute atomic E-state index is 12.9. The van der Waals surface area contributed by atoms with E-state index in [4.69, 9.17) is 0 Å². The van der Waals surface area contributed by atoms with E-state index in [1.54, 1.807) is 24.0 Å². The van der Waals surface area contributed by atoms with E-state index in [0.29, 0.717) is 29.6 Å². The van der Waals surface area contributed by atoms with Crippen molar-refractivity contribution in [1.82, 2.24) is 4.90 Å². The van der Waals surface area contributed by atoms with Gasteiger partial charge in [0.2, 0.25) is 0 Å². The van der Waals surface area contributed by atoms with Crippen LogP contribution in [0.3, 0.4) is 0 Å². The Morgan fingerprint density at radius 3 is 2.37 bits per heavy atom. The topological polar surface area (TPSA) is 63.7 Å². The molecule has 0 aromatic heterocycles. The molecule has 1 aliphatic rings. The Morgan fingerprint density at radius 1 is 1.07 bits per heavy atom. The van der Waals surface area contributed by atoms with Crippen LogP contribution in [-0.4, -0.2) is 37.8 Å². The van der Waals surface area contributed by atoms with E-state index < -0.39 is 21.4 Å². The highest BCUT2D eigenvalue weighted by Gasteiger charge is 2.48. The molecule has 0 aliphatic carbocycles. The first-order valence-electron chi connectivity index (χ1n) is 8.44. The van der Waals surface area contributed by atoms with Crippen LogP contribution in [0.15, 0.2) is 30.3 Å². The quantitative estimate of drug-likeness (QED) is 0.576. The van der Waals surface area contributed by atoms with Gasteiger partial charge in [-0.05, 0) is 43.9 Å². The van der Waals surface area contributed by atoms with Crippen molar-refractivity contribution in [3.63, 3.8) is 0 Å². The molecule has 0 saturated carbocycles. The van der Waals surface area contributed by atoms with Crippen molar-refractivity contribution in [2.75, 3.05) is 13.1 Å². The van der Waals surface area contributed by atoms with E-state index in [1.807, 2.05) is 0 Å². The zero-order valence-corrected chi connectivity index (χ0v) is 15.4. The summed E-state index contributed by atoms with van der Waals surface area (Å²) in [5.41, 5.74) is -4.57. The second-order valence-electron chi connectivity index (χ2n) is 6.44. The molecule has 0 atom stereocenters. The van der Waals surface area contributed by atoms with E-state index in [0.717, 1.165) is 25.3 Å². The van der Waals surface area contributed by atoms with Crippen LogP contribution < -0.4 is 4.18 Å². The molecule has 1 aliphatic heterocycles. The first kappa shape index (κ1) is 19.5. The van der Waals surface area contributed by atoms with Gasteiger partial charge in [0.25, 0.3) is 5.91 Å². The number of nitrogens with zero attached hydrogens (tertiary/aromatic N) is 1. The molecule has 2 aromatic rings. The number of hydrogen-bond acceptors (Lipinski definition) is 4. The summed E-state index contributed by atoms with van der Waals surface area (Å²) in [5.74, 6) is -0.680. The standard InChI is InChI=1S/C18H18F3NO4S/c1-12-6-5-7-13-15(26-27(24,25)18(19,20)21)9-8-14(16(12)13)17(23)22-10-3-2-4-11-22/h5-9H,2-4,10-11H2,1H3. The Hall–Kier alpha value is -2.29. The van der Waals surface area contributed by atoms with E-state index in [-0.39, 0.29) is 11.3 Å². The summed E-state index contributed by atoms with van der Waals surface area (Å²) in [6.07, 6.45) is 2.84. The number of likely N-dealkylation sites (tertiary alicyclic amines) is 1. The molecule has 1 saturated heterocycles. The number of amides is 1. The lowest BCUT2D eigenvalue weighted by molar-refractivity contribution is -0.0499. The minimum atomic E-state index is -5.80. The van der Waals surface area contributed by atoms with Crippen molar-refractivity contribution in [2.45, 2.75) is 31.7 Å². The molecule has 146 valence electrons. The van der Waals surface area contributed by atoms with Gasteiger partial charge < -0.3 is 9.08 Å². The third-order valence-electron chi connectivity index (χ3n) is 4.57. The summed E-state index contributed by atoms with van der Waals surface area (Å²) in [7, 11) is -5.80. The van der Waals surface area contributed by atoms with Gasteiger partial charge in [-0.1, -0.05) is 18.2 Å². The largest absolute Gasteiger partial charge is 0.534 e. The van der Waals surface area contributed by atoms with Crippen LogP contribution in [0.25, 0.3) is 10.8 Å². The van der Waals surface area contributed by atoms with Crippen LogP contribution >= 0.6 is 0 Å². The zero-order valence-electron chi connectivity index (χ0n) is 14.5. The van der Waals surface area contributed by atoms with Gasteiger partial charge in [0.1, 0.15) is 0 Å². The van der Waals surface area contributed by atoms with E-state index >= 15 is 0 Å². The third kappa shape index (κ3) is 3.73. The van der Waals surface area contributed by atoms with E-state index in [1.165, 1.54) is 12.1 Å². The molecule has 1 fully saturated rings. The average molecular weight is 401 g/mol. The van der Waals surface area contributed by atoms with Crippen LogP contribution in [0.2, 0.25) is 0 Å². The number of carbonyl (C=O) groups is 1. The van der Waals surface area contributed by atoms with Gasteiger partial charge in [-0.25, -0.2) is 0 Å². The SMILES string of the molecule is Cc1cccc2c(OS(=O)(=O)C(F)(F)F)ccc(C(=O)N3CCCCC3)c12. The van der Waals surface area contributed by atoms with Crippen molar-refractivity contribution in [2.24, 2.45) is 0 Å². The third-order valence-corrected chi connectivity index (χ3v) is 5.53. The molecule has 3 rings (SSSR count). The fourth-order valence-electron chi connectivity index (χ4n) is 3.25. The van der Waals surface area contributed by atoms with E-state index in [9.17, 15) is 26.4 Å². The second kappa shape index (κ2) is 7.03. The molecule has 0 unspecified atom stereocenters. The number of hydrogen-bond donors (Lipinski definition) is 0. The molecule has 0 N–H and O–H groups in total. The predicted octanol–water partition coefficient (Wildman–Crippen LogP) is 4.00. The molecular formula is C18H18F3NO4S. The molecule has 0 radical (unpaired) electrons. The maximum atomic E-state index is 12.9. The normalized spacial score (nSPS) is 15.8. The summed E-state index contributed by atoms with van der Waals surface area (Å²) in [5, 5.41) is 0.536. The number of aryl methyl sites for hydroxylation is 1. The van der Waals surface area contributed by atoms with Crippen molar-refractivity contribution in [3.05, 3.63) is 41.5 Å². The minimum absolute atomic E-state index is 0.144. The van der Waals surface area contributed by atoms with Gasteiger partial charge in [-0.2, -0.15) is 21.6 Å². The molecule has 5 nitrogen and oxygen atoms in total. The van der Waals surface area contributed by atoms with Gasteiger partial charge in [0.15, 0.2) is 5.75 Å². The number of piperidine rings is 1. The number of benzene rings is 2. The number of fused-ring (bicyclic) bond motifs is 1. The molecule has 1 amide bonds. The first-order chi connectivity index (χ1) is 12.6. The van der Waals surface area contributed by atoms with Crippen molar-refractivity contribution < 1.29 is 30.6 Å². The minimum Gasteiger partial charge on any atom is -0.375 e. The summed E-state index contributed by atoms with van der Waals surface area (Å²) in [6.45, 7) is 2.94. The maximum Gasteiger partial charge on any atom is 0.534 e. The lowest BCUT2D eigenvalue weighted by atomic mass is 9.97. The van der Waals surface area contributed by atoms with Crippen LogP contribution in [0.5, 0.6) is 5.75 Å². The van der Waals surface area contributed by atoms with Gasteiger partial charge >= 0.3 is 15.6 Å². The number of halogens is 3. The number of alkyl halides is 3. The Balaban J connectivity index is 2.10. The summed E-state index contributed by atoms with van der Waals surface area (Å²) >= 11 is 0. The van der Waals surface area contributed by atoms with Gasteiger partial charge in [0, 0.05) is 29.4 Å². The molecular weight excluding hydrogens is 383 g/mol. The van der Waals surface area contributed by atoms with Gasteiger partial charge in [-0.15, -0.1) is 0 Å². The highest BCUT2D eigenvalue weighted by molar-refractivity contribution is 7.88. The Bertz CT molecular complexity index is 980. The lowest BCUT2D eigenvalue weighted by Gasteiger charge is -2.27. The lowest BCUT2D eigenvalue weighted by Crippen LogP contribution is -2.35. The van der Waals surface area contributed by atoms with Gasteiger partial charge in [-0.3, -0.25) is 4.79 Å². The molecule has 0 bridgehead atoms. The molecule has 0 spiro atoms. The van der Waals surface area contributed by atoms with Crippen LogP contribution in [0.4, 0.5) is 13.2 Å². The summed E-state index contributed by atoms with van der Waals surface area (Å²) < 4.78 is 65.1. The highest BCUT2D eigenvalue weighted by atomic mass is 32.2. The Labute approximate surface area is 154 Å². The zero-order chi connectivity index (χ0) is 19.8.